The average Bonchev–Trinajstić information content (AvgIpc) is 2.38. The van der Waals surface area contributed by atoms with Crippen LogP contribution in [0.3, 0.4) is 0 Å². The molecule has 0 bridgehead atoms. The van der Waals surface area contributed by atoms with Crippen molar-refractivity contribution in [3.8, 4) is 0 Å². The first-order valence-corrected chi connectivity index (χ1v) is 6.85. The van der Waals surface area contributed by atoms with Crippen molar-refractivity contribution in [2.75, 3.05) is 18.9 Å². The largest absolute Gasteiger partial charge is 0.399 e. The van der Waals surface area contributed by atoms with Crippen molar-refractivity contribution < 1.29 is 9.53 Å². The van der Waals surface area contributed by atoms with Gasteiger partial charge >= 0.3 is 0 Å². The summed E-state index contributed by atoms with van der Waals surface area (Å²) in [5.74, 6) is 0.387. The van der Waals surface area contributed by atoms with E-state index < -0.39 is 0 Å². The third kappa shape index (κ3) is 3.70. The number of anilines is 1. The van der Waals surface area contributed by atoms with Gasteiger partial charge < -0.3 is 15.8 Å². The lowest BCUT2D eigenvalue weighted by molar-refractivity contribution is 0.0853. The molecule has 1 aliphatic rings. The quantitative estimate of drug-likeness (QED) is 0.821. The molecule has 0 spiro atoms. The van der Waals surface area contributed by atoms with Gasteiger partial charge in [0.15, 0.2) is 0 Å². The maximum Gasteiger partial charge on any atom is 0.251 e. The minimum atomic E-state index is -0.0596. The SMILES string of the molecule is CC(C)NC(=O)c1cc(N)cc(C2CCOCC2)c1. The molecular formula is C15H22N2O2. The van der Waals surface area contributed by atoms with E-state index in [0.29, 0.717) is 17.2 Å². The summed E-state index contributed by atoms with van der Waals surface area (Å²) in [7, 11) is 0. The van der Waals surface area contributed by atoms with Gasteiger partial charge in [0.05, 0.1) is 0 Å². The van der Waals surface area contributed by atoms with E-state index in [4.69, 9.17) is 10.5 Å². The highest BCUT2D eigenvalue weighted by Crippen LogP contribution is 2.29. The van der Waals surface area contributed by atoms with Gasteiger partial charge in [0, 0.05) is 30.5 Å². The van der Waals surface area contributed by atoms with Crippen LogP contribution in [-0.2, 0) is 4.74 Å². The predicted molar refractivity (Wildman–Crippen MR) is 76.3 cm³/mol. The molecule has 1 aromatic rings. The molecule has 0 aromatic heterocycles. The minimum absolute atomic E-state index is 0.0596. The van der Waals surface area contributed by atoms with Crippen LogP contribution in [0.1, 0.15) is 48.5 Å². The number of nitrogens with two attached hydrogens (primary N) is 1. The lowest BCUT2D eigenvalue weighted by Gasteiger charge is -2.23. The average molecular weight is 262 g/mol. The van der Waals surface area contributed by atoms with Crippen molar-refractivity contribution in [3.05, 3.63) is 29.3 Å². The van der Waals surface area contributed by atoms with Crippen LogP contribution in [0.4, 0.5) is 5.69 Å². The number of nitrogen functional groups attached to an aromatic ring is 1. The highest BCUT2D eigenvalue weighted by Gasteiger charge is 2.18. The Labute approximate surface area is 114 Å². The molecule has 0 atom stereocenters. The van der Waals surface area contributed by atoms with Crippen LogP contribution in [0.2, 0.25) is 0 Å². The number of hydrogen-bond acceptors (Lipinski definition) is 3. The molecule has 1 heterocycles. The Morgan fingerprint density at radius 2 is 2.00 bits per heavy atom. The van der Waals surface area contributed by atoms with E-state index in [-0.39, 0.29) is 11.9 Å². The molecular weight excluding hydrogens is 240 g/mol. The van der Waals surface area contributed by atoms with Crippen molar-refractivity contribution in [1.29, 1.82) is 0 Å². The van der Waals surface area contributed by atoms with Crippen LogP contribution >= 0.6 is 0 Å². The number of benzene rings is 1. The normalized spacial score (nSPS) is 16.6. The van der Waals surface area contributed by atoms with Crippen molar-refractivity contribution in [2.24, 2.45) is 0 Å². The molecule has 0 radical (unpaired) electrons. The van der Waals surface area contributed by atoms with Gasteiger partial charge in [-0.1, -0.05) is 0 Å². The van der Waals surface area contributed by atoms with E-state index in [1.54, 1.807) is 6.07 Å². The number of carbonyl (C=O) groups is 1. The summed E-state index contributed by atoms with van der Waals surface area (Å²) in [6.45, 7) is 5.47. The monoisotopic (exact) mass is 262 g/mol. The first-order valence-electron chi connectivity index (χ1n) is 6.85. The fraction of sp³-hybridized carbons (Fsp3) is 0.533. The Morgan fingerprint density at radius 3 is 2.63 bits per heavy atom. The van der Waals surface area contributed by atoms with Crippen LogP contribution < -0.4 is 11.1 Å². The second-order valence-electron chi connectivity index (χ2n) is 5.40. The summed E-state index contributed by atoms with van der Waals surface area (Å²) in [6.07, 6.45) is 1.99. The summed E-state index contributed by atoms with van der Waals surface area (Å²) in [5.41, 5.74) is 8.37. The summed E-state index contributed by atoms with van der Waals surface area (Å²) in [4.78, 5) is 12.1. The van der Waals surface area contributed by atoms with Crippen molar-refractivity contribution in [1.82, 2.24) is 5.32 Å². The molecule has 1 amide bonds. The van der Waals surface area contributed by atoms with Gasteiger partial charge in [0.1, 0.15) is 0 Å². The standard InChI is InChI=1S/C15H22N2O2/c1-10(2)17-15(18)13-7-12(8-14(16)9-13)11-3-5-19-6-4-11/h7-11H,3-6,16H2,1-2H3,(H,17,18). The summed E-state index contributed by atoms with van der Waals surface area (Å²) in [6, 6.07) is 5.80. The van der Waals surface area contributed by atoms with Crippen molar-refractivity contribution >= 4 is 11.6 Å². The Bertz CT molecular complexity index is 451. The summed E-state index contributed by atoms with van der Waals surface area (Å²) >= 11 is 0. The van der Waals surface area contributed by atoms with Gasteiger partial charge in [0.2, 0.25) is 0 Å². The van der Waals surface area contributed by atoms with E-state index in [0.717, 1.165) is 31.6 Å². The number of nitrogens with one attached hydrogen (secondary N) is 1. The van der Waals surface area contributed by atoms with Crippen LogP contribution in [-0.4, -0.2) is 25.2 Å². The minimum Gasteiger partial charge on any atom is -0.399 e. The van der Waals surface area contributed by atoms with Crippen LogP contribution in [0.5, 0.6) is 0 Å². The van der Waals surface area contributed by atoms with E-state index in [1.807, 2.05) is 26.0 Å². The maximum atomic E-state index is 12.1. The van der Waals surface area contributed by atoms with E-state index in [9.17, 15) is 4.79 Å². The fourth-order valence-electron chi connectivity index (χ4n) is 2.42. The molecule has 0 aliphatic carbocycles. The van der Waals surface area contributed by atoms with E-state index in [2.05, 4.69) is 5.32 Å². The third-order valence-electron chi connectivity index (χ3n) is 3.35. The molecule has 1 saturated heterocycles. The van der Waals surface area contributed by atoms with Gasteiger partial charge in [-0.05, 0) is 56.4 Å². The molecule has 1 aliphatic heterocycles. The Hall–Kier alpha value is -1.55. The first-order chi connectivity index (χ1) is 9.06. The summed E-state index contributed by atoms with van der Waals surface area (Å²) < 4.78 is 5.37. The van der Waals surface area contributed by atoms with Crippen LogP contribution in [0, 0.1) is 0 Å². The molecule has 2 rings (SSSR count). The van der Waals surface area contributed by atoms with Gasteiger partial charge in [-0.25, -0.2) is 0 Å². The van der Waals surface area contributed by atoms with Gasteiger partial charge in [0.25, 0.3) is 5.91 Å². The maximum absolute atomic E-state index is 12.1. The van der Waals surface area contributed by atoms with Gasteiger partial charge in [-0.15, -0.1) is 0 Å². The molecule has 104 valence electrons. The number of carbonyl (C=O) groups excluding carboxylic acids is 1. The molecule has 1 aromatic carbocycles. The van der Waals surface area contributed by atoms with E-state index in [1.165, 1.54) is 0 Å². The molecule has 4 nitrogen and oxygen atoms in total. The molecule has 4 heteroatoms. The first kappa shape index (κ1) is 13.9. The van der Waals surface area contributed by atoms with Crippen LogP contribution in [0.25, 0.3) is 0 Å². The molecule has 0 saturated carbocycles. The molecule has 19 heavy (non-hydrogen) atoms. The number of ether oxygens (including phenoxy) is 1. The fourth-order valence-corrected chi connectivity index (χ4v) is 2.42. The number of hydrogen-bond donors (Lipinski definition) is 2. The second-order valence-corrected chi connectivity index (χ2v) is 5.40. The predicted octanol–water partition coefficient (Wildman–Crippen LogP) is 2.30. The zero-order valence-corrected chi connectivity index (χ0v) is 11.6. The van der Waals surface area contributed by atoms with Crippen LogP contribution in [0.15, 0.2) is 18.2 Å². The summed E-state index contributed by atoms with van der Waals surface area (Å²) in [5, 5.41) is 2.90. The zero-order valence-electron chi connectivity index (χ0n) is 11.6. The Morgan fingerprint density at radius 1 is 1.32 bits per heavy atom. The highest BCUT2D eigenvalue weighted by molar-refractivity contribution is 5.95. The van der Waals surface area contributed by atoms with Crippen molar-refractivity contribution in [3.63, 3.8) is 0 Å². The van der Waals surface area contributed by atoms with Crippen molar-refractivity contribution in [2.45, 2.75) is 38.6 Å². The molecule has 3 N–H and O–H groups in total. The number of rotatable bonds is 3. The Kier molecular flexibility index (Phi) is 4.43. The topological polar surface area (TPSA) is 64.4 Å². The molecule has 0 unspecified atom stereocenters. The zero-order chi connectivity index (χ0) is 13.8. The third-order valence-corrected chi connectivity index (χ3v) is 3.35. The second kappa shape index (κ2) is 6.06. The van der Waals surface area contributed by atoms with Gasteiger partial charge in [-0.2, -0.15) is 0 Å². The smallest absolute Gasteiger partial charge is 0.251 e. The Balaban J connectivity index is 2.21. The number of amides is 1. The lowest BCUT2D eigenvalue weighted by Crippen LogP contribution is -2.30. The molecule has 1 fully saturated rings. The van der Waals surface area contributed by atoms with Gasteiger partial charge in [-0.3, -0.25) is 4.79 Å². The van der Waals surface area contributed by atoms with E-state index >= 15 is 0 Å². The lowest BCUT2D eigenvalue weighted by atomic mass is 9.90. The highest BCUT2D eigenvalue weighted by atomic mass is 16.5.